The molecule has 2 aromatic rings. The molecular weight excluding hydrogens is 294 g/mol. The van der Waals surface area contributed by atoms with Crippen molar-refractivity contribution in [2.24, 2.45) is 0 Å². The van der Waals surface area contributed by atoms with Crippen LogP contribution in [0.25, 0.3) is 0 Å². The van der Waals surface area contributed by atoms with Crippen LogP contribution in [0.2, 0.25) is 0 Å². The Morgan fingerprint density at radius 1 is 1.17 bits per heavy atom. The van der Waals surface area contributed by atoms with Crippen molar-refractivity contribution in [3.63, 3.8) is 0 Å². The summed E-state index contributed by atoms with van der Waals surface area (Å²) in [5.74, 6) is 0.619. The average Bonchev–Trinajstić information content (AvgIpc) is 2.95. The van der Waals surface area contributed by atoms with Gasteiger partial charge < -0.3 is 10.3 Å². The van der Waals surface area contributed by atoms with Crippen LogP contribution in [-0.2, 0) is 0 Å². The highest BCUT2D eigenvalue weighted by molar-refractivity contribution is 6.05. The van der Waals surface area contributed by atoms with Crippen LogP contribution >= 0.6 is 0 Å². The van der Waals surface area contributed by atoms with E-state index in [0.717, 1.165) is 5.56 Å². The summed E-state index contributed by atoms with van der Waals surface area (Å²) in [6.45, 7) is 8.29. The van der Waals surface area contributed by atoms with Crippen LogP contribution in [0.5, 0.6) is 0 Å². The third-order valence-electron chi connectivity index (χ3n) is 3.74. The second kappa shape index (κ2) is 6.64. The Bertz CT molecular complexity index is 732. The second-order valence-corrected chi connectivity index (χ2v) is 6.14. The molecule has 23 heavy (non-hydrogen) atoms. The van der Waals surface area contributed by atoms with Gasteiger partial charge in [-0.1, -0.05) is 39.8 Å². The van der Waals surface area contributed by atoms with Crippen LogP contribution in [0, 0.1) is 10.1 Å². The zero-order valence-corrected chi connectivity index (χ0v) is 13.7. The van der Waals surface area contributed by atoms with Crippen LogP contribution in [-0.4, -0.2) is 15.8 Å². The van der Waals surface area contributed by atoms with Gasteiger partial charge in [0.15, 0.2) is 0 Å². The van der Waals surface area contributed by atoms with E-state index in [1.165, 1.54) is 17.8 Å². The van der Waals surface area contributed by atoms with E-state index in [0.29, 0.717) is 17.3 Å². The summed E-state index contributed by atoms with van der Waals surface area (Å²) in [7, 11) is 0. The normalized spacial score (nSPS) is 11.0. The Morgan fingerprint density at radius 2 is 1.87 bits per heavy atom. The van der Waals surface area contributed by atoms with Crippen molar-refractivity contribution < 1.29 is 9.72 Å². The molecule has 1 heterocycles. The molecule has 0 fully saturated rings. The summed E-state index contributed by atoms with van der Waals surface area (Å²) in [6, 6.07) is 7.12. The first kappa shape index (κ1) is 16.7. The van der Waals surface area contributed by atoms with E-state index in [1.54, 1.807) is 0 Å². The van der Waals surface area contributed by atoms with Crippen LogP contribution in [0.15, 0.2) is 30.5 Å². The van der Waals surface area contributed by atoms with Crippen LogP contribution < -0.4 is 5.32 Å². The number of nitrogens with one attached hydrogen (secondary N) is 2. The lowest BCUT2D eigenvalue weighted by atomic mass is 9.91. The minimum Gasteiger partial charge on any atom is -0.342 e. The number of carbonyl (C=O) groups is 1. The molecule has 1 aromatic carbocycles. The molecule has 2 N–H and O–H groups in total. The molecular formula is C17H21N3O3. The van der Waals surface area contributed by atoms with Crippen molar-refractivity contribution in [3.05, 3.63) is 57.3 Å². The summed E-state index contributed by atoms with van der Waals surface area (Å²) in [4.78, 5) is 25.4. The Kier molecular flexibility index (Phi) is 4.83. The highest BCUT2D eigenvalue weighted by Gasteiger charge is 2.17. The number of aromatic amines is 1. The van der Waals surface area contributed by atoms with Gasteiger partial charge in [-0.05, 0) is 29.0 Å². The van der Waals surface area contributed by atoms with Crippen LogP contribution in [0.4, 0.5) is 11.5 Å². The highest BCUT2D eigenvalue weighted by atomic mass is 16.6. The number of anilines is 1. The number of rotatable bonds is 5. The third-order valence-corrected chi connectivity index (χ3v) is 3.74. The summed E-state index contributed by atoms with van der Waals surface area (Å²) < 4.78 is 0. The molecule has 0 aliphatic rings. The quantitative estimate of drug-likeness (QED) is 0.632. The monoisotopic (exact) mass is 315 g/mol. The maximum atomic E-state index is 12.5. The van der Waals surface area contributed by atoms with Gasteiger partial charge >= 0.3 is 0 Å². The molecule has 0 bridgehead atoms. The molecule has 0 atom stereocenters. The molecule has 0 spiro atoms. The maximum Gasteiger partial charge on any atom is 0.288 e. The minimum atomic E-state index is -0.511. The topological polar surface area (TPSA) is 88.0 Å². The number of amides is 1. The molecule has 0 saturated carbocycles. The predicted molar refractivity (Wildman–Crippen MR) is 90.0 cm³/mol. The maximum absolute atomic E-state index is 12.5. The first-order valence-electron chi connectivity index (χ1n) is 7.57. The predicted octanol–water partition coefficient (Wildman–Crippen LogP) is 4.42. The second-order valence-electron chi connectivity index (χ2n) is 6.14. The van der Waals surface area contributed by atoms with Gasteiger partial charge in [-0.15, -0.1) is 0 Å². The Morgan fingerprint density at radius 3 is 2.39 bits per heavy atom. The molecule has 122 valence electrons. The van der Waals surface area contributed by atoms with Gasteiger partial charge in [0.05, 0.1) is 17.2 Å². The minimum absolute atomic E-state index is 0.0838. The lowest BCUT2D eigenvalue weighted by Gasteiger charge is -2.15. The Labute approximate surface area is 135 Å². The molecule has 2 rings (SSSR count). The van der Waals surface area contributed by atoms with E-state index >= 15 is 0 Å². The number of nitro groups is 1. The van der Waals surface area contributed by atoms with E-state index in [-0.39, 0.29) is 17.5 Å². The van der Waals surface area contributed by atoms with E-state index in [1.807, 2.05) is 26.0 Å². The van der Waals surface area contributed by atoms with Crippen LogP contribution in [0.1, 0.15) is 61.0 Å². The third kappa shape index (κ3) is 3.77. The standard InChI is InChI=1S/C17H21N3O3/c1-10(2)12-5-6-14(15(7-12)11(3)4)17(21)19-16-8-13(9-18-16)20(22)23/h5-11,18H,1-4H3,(H,19,21). The molecule has 6 heteroatoms. The fraction of sp³-hybridized carbons (Fsp3) is 0.353. The SMILES string of the molecule is CC(C)c1ccc(C(=O)Nc2cc([N+](=O)[O-])c[nH]2)c(C(C)C)c1. The van der Waals surface area contributed by atoms with Crippen LogP contribution in [0.3, 0.4) is 0 Å². The van der Waals surface area contributed by atoms with Crippen molar-refractivity contribution in [1.29, 1.82) is 0 Å². The summed E-state index contributed by atoms with van der Waals surface area (Å²) in [6.07, 6.45) is 1.25. The fourth-order valence-electron chi connectivity index (χ4n) is 2.37. The number of hydrogen-bond acceptors (Lipinski definition) is 3. The smallest absolute Gasteiger partial charge is 0.288 e. The van der Waals surface area contributed by atoms with Crippen molar-refractivity contribution >= 4 is 17.4 Å². The number of carbonyl (C=O) groups excluding carboxylic acids is 1. The Hall–Kier alpha value is -2.63. The summed E-state index contributed by atoms with van der Waals surface area (Å²) in [5.41, 5.74) is 2.65. The largest absolute Gasteiger partial charge is 0.342 e. The molecule has 1 aromatic heterocycles. The number of hydrogen-bond donors (Lipinski definition) is 2. The molecule has 0 aliphatic heterocycles. The molecule has 0 saturated heterocycles. The molecule has 0 radical (unpaired) electrons. The van der Waals surface area contributed by atoms with Gasteiger partial charge in [0.2, 0.25) is 0 Å². The van der Waals surface area contributed by atoms with E-state index in [9.17, 15) is 14.9 Å². The van der Waals surface area contributed by atoms with Gasteiger partial charge in [0.1, 0.15) is 5.82 Å². The average molecular weight is 315 g/mol. The fourth-order valence-corrected chi connectivity index (χ4v) is 2.37. The first-order valence-corrected chi connectivity index (χ1v) is 7.57. The molecule has 0 aliphatic carbocycles. The zero-order chi connectivity index (χ0) is 17.1. The molecule has 0 unspecified atom stereocenters. The van der Waals surface area contributed by atoms with Crippen molar-refractivity contribution in [3.8, 4) is 0 Å². The van der Waals surface area contributed by atoms with Gasteiger partial charge in [-0.25, -0.2) is 0 Å². The van der Waals surface area contributed by atoms with Gasteiger partial charge in [0, 0.05) is 5.56 Å². The number of H-pyrrole nitrogens is 1. The van der Waals surface area contributed by atoms with Gasteiger partial charge in [-0.2, -0.15) is 0 Å². The first-order chi connectivity index (χ1) is 10.8. The summed E-state index contributed by atoms with van der Waals surface area (Å²) in [5, 5.41) is 13.4. The number of nitrogens with zero attached hydrogens (tertiary/aromatic N) is 1. The van der Waals surface area contributed by atoms with E-state index in [4.69, 9.17) is 0 Å². The van der Waals surface area contributed by atoms with E-state index < -0.39 is 4.92 Å². The highest BCUT2D eigenvalue weighted by Crippen LogP contribution is 2.26. The van der Waals surface area contributed by atoms with Crippen molar-refractivity contribution in [1.82, 2.24) is 4.98 Å². The van der Waals surface area contributed by atoms with Crippen molar-refractivity contribution in [2.45, 2.75) is 39.5 Å². The number of benzene rings is 1. The van der Waals surface area contributed by atoms with Gasteiger partial charge in [-0.3, -0.25) is 14.9 Å². The lowest BCUT2D eigenvalue weighted by molar-refractivity contribution is -0.384. The Balaban J connectivity index is 2.29. The van der Waals surface area contributed by atoms with Gasteiger partial charge in [0.25, 0.3) is 11.6 Å². The zero-order valence-electron chi connectivity index (χ0n) is 13.7. The summed E-state index contributed by atoms with van der Waals surface area (Å²) >= 11 is 0. The lowest BCUT2D eigenvalue weighted by Crippen LogP contribution is -2.15. The van der Waals surface area contributed by atoms with E-state index in [2.05, 4.69) is 30.2 Å². The van der Waals surface area contributed by atoms with Crippen molar-refractivity contribution in [2.75, 3.05) is 5.32 Å². The molecule has 1 amide bonds. The molecule has 6 nitrogen and oxygen atoms in total. The number of aromatic nitrogens is 1.